The van der Waals surface area contributed by atoms with Gasteiger partial charge in [0.1, 0.15) is 25.0 Å². The predicted octanol–water partition coefficient (Wildman–Crippen LogP) is 1.94. The second kappa shape index (κ2) is 4.53. The highest BCUT2D eigenvalue weighted by Gasteiger charge is 2.22. The molecule has 1 aromatic rings. The maximum Gasteiger partial charge on any atom is 0.407 e. The Labute approximate surface area is 95.7 Å². The molecule has 0 radical (unpaired) electrons. The van der Waals surface area contributed by atoms with E-state index >= 15 is 0 Å². The molecule has 0 unspecified atom stereocenters. The molecule has 80 valence electrons. The van der Waals surface area contributed by atoms with Crippen molar-refractivity contribution in [1.29, 1.82) is 0 Å². The SMILES string of the molecule is O=C1N[C@H](CO[14c]2[14cH][14cH][14c](Br)[14cH][14cH]2)CO1. The fourth-order valence-electron chi connectivity index (χ4n) is 1.24. The van der Waals surface area contributed by atoms with Gasteiger partial charge >= 0.3 is 6.09 Å². The molecule has 1 atom stereocenters. The van der Waals surface area contributed by atoms with Crippen LogP contribution < -0.4 is 10.1 Å². The molecule has 0 aliphatic carbocycles. The smallest absolute Gasteiger partial charge is 0.407 e. The summed E-state index contributed by atoms with van der Waals surface area (Å²) in [5.74, 6) is 0.777. The molecular formula is C10H10BrNO3. The number of carbonyl (C=O) groups excluding carboxylic acids is 1. The van der Waals surface area contributed by atoms with Gasteiger partial charge in [-0.1, -0.05) is 15.9 Å². The molecule has 4 nitrogen and oxygen atoms in total. The minimum Gasteiger partial charge on any atom is -0.491 e. The summed E-state index contributed by atoms with van der Waals surface area (Å²) < 4.78 is 11.2. The van der Waals surface area contributed by atoms with Gasteiger partial charge in [0, 0.05) is 4.47 Å². The van der Waals surface area contributed by atoms with Gasteiger partial charge in [0.2, 0.25) is 0 Å². The largest absolute Gasteiger partial charge is 0.491 e. The molecule has 1 fully saturated rings. The van der Waals surface area contributed by atoms with E-state index in [1.165, 1.54) is 0 Å². The van der Waals surface area contributed by atoms with Crippen LogP contribution in [0.15, 0.2) is 28.7 Å². The number of hydrogen-bond acceptors (Lipinski definition) is 3. The Kier molecular flexibility index (Phi) is 3.11. The zero-order valence-corrected chi connectivity index (χ0v) is 9.49. The summed E-state index contributed by atoms with van der Waals surface area (Å²) in [5, 5.41) is 2.64. The summed E-state index contributed by atoms with van der Waals surface area (Å²) in [6, 6.07) is 7.47. The van der Waals surface area contributed by atoms with E-state index in [4.69, 9.17) is 9.47 Å². The highest BCUT2D eigenvalue weighted by atomic mass is 79.9. The van der Waals surface area contributed by atoms with E-state index in [0.717, 1.165) is 10.2 Å². The minimum atomic E-state index is -0.376. The van der Waals surface area contributed by atoms with Gasteiger partial charge in [0.05, 0.1) is 0 Å². The quantitative estimate of drug-likeness (QED) is 0.922. The van der Waals surface area contributed by atoms with Gasteiger partial charge < -0.3 is 14.8 Å². The average Bonchev–Trinajstić information content (AvgIpc) is 2.64. The first-order valence-corrected chi connectivity index (χ1v) is 5.35. The van der Waals surface area contributed by atoms with Gasteiger partial charge in [0.15, 0.2) is 0 Å². The number of halogens is 1. The third kappa shape index (κ3) is 2.86. The van der Waals surface area contributed by atoms with E-state index in [1.807, 2.05) is 24.3 Å². The summed E-state index contributed by atoms with van der Waals surface area (Å²) in [5.41, 5.74) is 0. The van der Waals surface area contributed by atoms with Gasteiger partial charge in [0.25, 0.3) is 0 Å². The fraction of sp³-hybridized carbons (Fsp3) is 0.300. The molecule has 1 heterocycles. The monoisotopic (exact) mass is 283 g/mol. The predicted molar refractivity (Wildman–Crippen MR) is 57.9 cm³/mol. The van der Waals surface area contributed by atoms with Gasteiger partial charge in [-0.2, -0.15) is 0 Å². The summed E-state index contributed by atoms with van der Waals surface area (Å²) in [4.78, 5) is 10.7. The number of carbonyl (C=O) groups is 1. The number of ether oxygens (including phenoxy) is 2. The normalized spacial score (nSPS) is 19.5. The van der Waals surface area contributed by atoms with Crippen molar-refractivity contribution in [3.05, 3.63) is 28.7 Å². The Hall–Kier alpha value is -1.23. The van der Waals surface area contributed by atoms with Crippen molar-refractivity contribution >= 4 is 22.0 Å². The molecule has 0 aromatic heterocycles. The number of cyclic esters (lactones) is 1. The molecule has 15 heavy (non-hydrogen) atoms. The van der Waals surface area contributed by atoms with Crippen molar-refractivity contribution < 1.29 is 14.3 Å². The number of rotatable bonds is 3. The Balaban J connectivity index is 1.83. The van der Waals surface area contributed by atoms with Crippen LogP contribution in [-0.2, 0) is 4.74 Å². The third-order valence-electron chi connectivity index (χ3n) is 2.00. The summed E-state index contributed by atoms with van der Waals surface area (Å²) in [7, 11) is 0. The number of nitrogens with one attached hydrogen (secondary N) is 1. The first-order valence-electron chi connectivity index (χ1n) is 4.56. The van der Waals surface area contributed by atoms with E-state index in [0.29, 0.717) is 13.2 Å². The minimum absolute atomic E-state index is 0.0545. The van der Waals surface area contributed by atoms with Gasteiger partial charge in [-0.3, -0.25) is 0 Å². The van der Waals surface area contributed by atoms with E-state index < -0.39 is 0 Å². The highest BCUT2D eigenvalue weighted by Crippen LogP contribution is 2.16. The van der Waals surface area contributed by atoms with E-state index in [9.17, 15) is 4.79 Å². The molecule has 2 rings (SSSR count). The molecule has 1 amide bonds. The third-order valence-corrected chi connectivity index (χ3v) is 2.53. The van der Waals surface area contributed by atoms with Gasteiger partial charge in [-0.25, -0.2) is 4.79 Å². The lowest BCUT2D eigenvalue weighted by Crippen LogP contribution is -2.32. The summed E-state index contributed by atoms with van der Waals surface area (Å²) >= 11 is 3.34. The second-order valence-corrected chi connectivity index (χ2v) is 4.12. The van der Waals surface area contributed by atoms with Crippen molar-refractivity contribution in [3.63, 3.8) is 0 Å². The van der Waals surface area contributed by atoms with E-state index in [-0.39, 0.29) is 12.1 Å². The van der Waals surface area contributed by atoms with Gasteiger partial charge in [-0.05, 0) is 24.3 Å². The van der Waals surface area contributed by atoms with Gasteiger partial charge in [-0.15, -0.1) is 0 Å². The van der Waals surface area contributed by atoms with Crippen LogP contribution >= 0.6 is 15.9 Å². The number of benzene rings is 1. The topological polar surface area (TPSA) is 47.6 Å². The molecule has 1 N–H and O–H groups in total. The molecular weight excluding hydrogens is 274 g/mol. The first-order chi connectivity index (χ1) is 7.24. The molecule has 0 saturated carbocycles. The van der Waals surface area contributed by atoms with Crippen molar-refractivity contribution in [1.82, 2.24) is 5.32 Å². The fourth-order valence-corrected chi connectivity index (χ4v) is 1.51. The van der Waals surface area contributed by atoms with Crippen molar-refractivity contribution in [2.24, 2.45) is 0 Å². The average molecular weight is 284 g/mol. The summed E-state index contributed by atoms with van der Waals surface area (Å²) in [6.45, 7) is 0.794. The van der Waals surface area contributed by atoms with Crippen LogP contribution in [0.5, 0.6) is 5.75 Å². The van der Waals surface area contributed by atoms with Crippen LogP contribution in [0.25, 0.3) is 0 Å². The Morgan fingerprint density at radius 3 is 2.87 bits per heavy atom. The lowest BCUT2D eigenvalue weighted by molar-refractivity contribution is 0.174. The summed E-state index contributed by atoms with van der Waals surface area (Å²) in [6.07, 6.45) is -0.376. The second-order valence-electron chi connectivity index (χ2n) is 3.20. The Morgan fingerprint density at radius 1 is 1.53 bits per heavy atom. The van der Waals surface area contributed by atoms with Crippen LogP contribution in [-0.4, -0.2) is 25.3 Å². The van der Waals surface area contributed by atoms with Crippen LogP contribution in [0, 0.1) is 0 Å². The number of hydrogen-bond donors (Lipinski definition) is 1. The lowest BCUT2D eigenvalue weighted by Gasteiger charge is -2.09. The van der Waals surface area contributed by atoms with Crippen molar-refractivity contribution in [2.75, 3.05) is 13.2 Å². The molecule has 1 aliphatic heterocycles. The maximum atomic E-state index is 10.7. The maximum absolute atomic E-state index is 10.7. The Bertz CT molecular complexity index is 352. The lowest BCUT2D eigenvalue weighted by atomic mass is 10.4. The van der Waals surface area contributed by atoms with Crippen molar-refractivity contribution in [2.45, 2.75) is 6.04 Å². The van der Waals surface area contributed by atoms with E-state index in [1.54, 1.807) is 0 Å². The molecule has 0 spiro atoms. The van der Waals surface area contributed by atoms with E-state index in [2.05, 4.69) is 21.2 Å². The van der Waals surface area contributed by atoms with Crippen LogP contribution in [0.1, 0.15) is 0 Å². The molecule has 5 heteroatoms. The zero-order chi connectivity index (χ0) is 10.7. The zero-order valence-electron chi connectivity index (χ0n) is 7.90. The van der Waals surface area contributed by atoms with Crippen molar-refractivity contribution in [3.8, 4) is 5.75 Å². The number of alkyl carbamates (subject to hydrolysis) is 1. The van der Waals surface area contributed by atoms with Crippen LogP contribution in [0.4, 0.5) is 4.79 Å². The standard InChI is InChI=1S/C10H10BrNO3/c11-7-1-3-9(4-2-7)14-5-8-6-15-10(13)12-8/h1-4,8H,5-6H2,(H,12,13)/t8-/m1/s1/i1+2,2+2,3+2,4+2,7+2,9+2. The number of amides is 1. The Morgan fingerprint density at radius 2 is 2.27 bits per heavy atom. The molecule has 1 aliphatic rings. The van der Waals surface area contributed by atoms with Crippen LogP contribution in [0.3, 0.4) is 0 Å². The van der Waals surface area contributed by atoms with Crippen LogP contribution in [0.2, 0.25) is 0 Å². The molecule has 1 aromatic carbocycles. The molecule has 1 saturated heterocycles. The highest BCUT2D eigenvalue weighted by molar-refractivity contribution is 9.10. The first kappa shape index (κ1) is 10.3. The molecule has 0 bridgehead atoms.